The summed E-state index contributed by atoms with van der Waals surface area (Å²) >= 11 is 0. The number of aryl methyl sites for hydroxylation is 1. The van der Waals surface area contributed by atoms with E-state index in [0.29, 0.717) is 12.3 Å². The van der Waals surface area contributed by atoms with Gasteiger partial charge in [-0.1, -0.05) is 0 Å². The number of likely N-dealkylation sites (tertiary alicyclic amines) is 1. The lowest BCUT2D eigenvalue weighted by atomic mass is 10.0. The summed E-state index contributed by atoms with van der Waals surface area (Å²) in [7, 11) is 0. The number of nitrogens with zero attached hydrogens (tertiary/aromatic N) is 3. The molecule has 21 heavy (non-hydrogen) atoms. The molecular weight excluding hydrogens is 268 g/mol. The van der Waals surface area contributed by atoms with Crippen molar-refractivity contribution in [2.45, 2.75) is 25.7 Å². The second-order valence-corrected chi connectivity index (χ2v) is 6.00. The first kappa shape index (κ1) is 14.5. The van der Waals surface area contributed by atoms with E-state index >= 15 is 0 Å². The van der Waals surface area contributed by atoms with E-state index in [1.54, 1.807) is 0 Å². The van der Waals surface area contributed by atoms with E-state index in [9.17, 15) is 4.79 Å². The Kier molecular flexibility index (Phi) is 4.55. The highest BCUT2D eigenvalue weighted by Gasteiger charge is 2.29. The summed E-state index contributed by atoms with van der Waals surface area (Å²) in [5.41, 5.74) is 2.39. The molecule has 1 amide bonds. The molecule has 6 nitrogen and oxygen atoms in total. The molecule has 0 aliphatic carbocycles. The molecular formula is C15H24N4O2. The molecule has 0 spiro atoms. The van der Waals surface area contributed by atoms with Gasteiger partial charge < -0.3 is 9.64 Å². The number of nitrogens with one attached hydrogen (secondary N) is 1. The first-order chi connectivity index (χ1) is 10.2. The second-order valence-electron chi connectivity index (χ2n) is 6.00. The van der Waals surface area contributed by atoms with Crippen LogP contribution in [0, 0.1) is 6.92 Å². The lowest BCUT2D eigenvalue weighted by Crippen LogP contribution is -2.39. The van der Waals surface area contributed by atoms with E-state index in [-0.39, 0.29) is 5.91 Å². The molecule has 0 saturated carbocycles. The van der Waals surface area contributed by atoms with Gasteiger partial charge in [-0.3, -0.25) is 14.8 Å². The maximum atomic E-state index is 12.3. The van der Waals surface area contributed by atoms with Crippen molar-refractivity contribution in [3.05, 3.63) is 17.5 Å². The topological polar surface area (TPSA) is 61.5 Å². The quantitative estimate of drug-likeness (QED) is 0.890. The van der Waals surface area contributed by atoms with Gasteiger partial charge in [0.1, 0.15) is 0 Å². The summed E-state index contributed by atoms with van der Waals surface area (Å²) in [5, 5.41) is 7.17. The third-order valence-electron chi connectivity index (χ3n) is 4.56. The van der Waals surface area contributed by atoms with Crippen molar-refractivity contribution < 1.29 is 9.53 Å². The molecule has 1 atom stereocenters. The Morgan fingerprint density at radius 1 is 1.43 bits per heavy atom. The van der Waals surface area contributed by atoms with Gasteiger partial charge in [-0.05, 0) is 18.9 Å². The fraction of sp³-hybridized carbons (Fsp3) is 0.733. The lowest BCUT2D eigenvalue weighted by molar-refractivity contribution is -0.130. The molecule has 0 radical (unpaired) electrons. The SMILES string of the molecule is Cc1cn[nH]c1[C@H]1CCN(C(=O)CCN2CCOCC2)C1. The predicted molar refractivity (Wildman–Crippen MR) is 79.1 cm³/mol. The number of aromatic nitrogens is 2. The Balaban J connectivity index is 1.47. The minimum atomic E-state index is 0.279. The van der Waals surface area contributed by atoms with Crippen LogP contribution in [0.4, 0.5) is 0 Å². The second kappa shape index (κ2) is 6.58. The van der Waals surface area contributed by atoms with Crippen molar-refractivity contribution in [3.63, 3.8) is 0 Å². The van der Waals surface area contributed by atoms with E-state index in [4.69, 9.17) is 4.74 Å². The van der Waals surface area contributed by atoms with Gasteiger partial charge >= 0.3 is 0 Å². The van der Waals surface area contributed by atoms with Gasteiger partial charge in [0.25, 0.3) is 0 Å². The summed E-state index contributed by atoms with van der Waals surface area (Å²) in [6.07, 6.45) is 3.51. The number of hydrogen-bond acceptors (Lipinski definition) is 4. The highest BCUT2D eigenvalue weighted by molar-refractivity contribution is 5.76. The van der Waals surface area contributed by atoms with Crippen molar-refractivity contribution in [2.24, 2.45) is 0 Å². The Morgan fingerprint density at radius 3 is 2.95 bits per heavy atom. The molecule has 3 heterocycles. The van der Waals surface area contributed by atoms with Crippen molar-refractivity contribution >= 4 is 5.91 Å². The molecule has 6 heteroatoms. The predicted octanol–water partition coefficient (Wildman–Crippen LogP) is 0.756. The van der Waals surface area contributed by atoms with Gasteiger partial charge in [0.05, 0.1) is 19.4 Å². The van der Waals surface area contributed by atoms with Crippen molar-refractivity contribution in [1.29, 1.82) is 0 Å². The Bertz CT molecular complexity index is 482. The number of rotatable bonds is 4. The van der Waals surface area contributed by atoms with Crippen LogP contribution in [0.15, 0.2) is 6.20 Å². The minimum absolute atomic E-state index is 0.279. The number of hydrogen-bond donors (Lipinski definition) is 1. The van der Waals surface area contributed by atoms with Crippen LogP contribution in [0.1, 0.15) is 30.0 Å². The van der Waals surface area contributed by atoms with Crippen LogP contribution in [-0.4, -0.2) is 71.8 Å². The zero-order valence-corrected chi connectivity index (χ0v) is 12.7. The molecule has 116 valence electrons. The summed E-state index contributed by atoms with van der Waals surface area (Å²) in [5.74, 6) is 0.695. The third-order valence-corrected chi connectivity index (χ3v) is 4.56. The van der Waals surface area contributed by atoms with Gasteiger partial charge in [-0.15, -0.1) is 0 Å². The first-order valence-electron chi connectivity index (χ1n) is 7.82. The highest BCUT2D eigenvalue weighted by atomic mass is 16.5. The Morgan fingerprint density at radius 2 is 2.24 bits per heavy atom. The number of carbonyl (C=O) groups excluding carboxylic acids is 1. The average molecular weight is 292 g/mol. The summed E-state index contributed by atoms with van der Waals surface area (Å²) in [6, 6.07) is 0. The summed E-state index contributed by atoms with van der Waals surface area (Å²) < 4.78 is 5.33. The van der Waals surface area contributed by atoms with Crippen LogP contribution in [0.2, 0.25) is 0 Å². The number of aromatic amines is 1. The number of carbonyl (C=O) groups is 1. The van der Waals surface area contributed by atoms with Crippen LogP contribution in [-0.2, 0) is 9.53 Å². The Hall–Kier alpha value is -1.40. The minimum Gasteiger partial charge on any atom is -0.379 e. The molecule has 0 bridgehead atoms. The molecule has 2 saturated heterocycles. The van der Waals surface area contributed by atoms with Crippen LogP contribution in [0.5, 0.6) is 0 Å². The van der Waals surface area contributed by atoms with E-state index in [0.717, 1.165) is 52.4 Å². The van der Waals surface area contributed by atoms with Gasteiger partial charge in [-0.25, -0.2) is 0 Å². The van der Waals surface area contributed by atoms with Crippen LogP contribution >= 0.6 is 0 Å². The van der Waals surface area contributed by atoms with Gasteiger partial charge in [0.2, 0.25) is 5.91 Å². The smallest absolute Gasteiger partial charge is 0.223 e. The lowest BCUT2D eigenvalue weighted by Gasteiger charge is -2.27. The maximum Gasteiger partial charge on any atom is 0.223 e. The molecule has 2 aliphatic rings. The third kappa shape index (κ3) is 3.44. The van der Waals surface area contributed by atoms with Crippen molar-refractivity contribution in [3.8, 4) is 0 Å². The number of morpholine rings is 1. The fourth-order valence-corrected chi connectivity index (χ4v) is 3.23. The molecule has 0 aromatic carbocycles. The van der Waals surface area contributed by atoms with E-state index in [1.165, 1.54) is 11.3 Å². The molecule has 0 unspecified atom stereocenters. The summed E-state index contributed by atoms with van der Waals surface area (Å²) in [4.78, 5) is 16.6. The zero-order valence-electron chi connectivity index (χ0n) is 12.7. The van der Waals surface area contributed by atoms with Gasteiger partial charge in [0.15, 0.2) is 0 Å². The average Bonchev–Trinajstić information content (AvgIpc) is 3.14. The molecule has 1 aromatic heterocycles. The van der Waals surface area contributed by atoms with Gasteiger partial charge in [0, 0.05) is 50.8 Å². The number of amides is 1. The normalized spacial score (nSPS) is 23.7. The van der Waals surface area contributed by atoms with Crippen molar-refractivity contribution in [1.82, 2.24) is 20.0 Å². The highest BCUT2D eigenvalue weighted by Crippen LogP contribution is 2.27. The van der Waals surface area contributed by atoms with E-state index in [1.807, 2.05) is 11.1 Å². The van der Waals surface area contributed by atoms with Crippen LogP contribution in [0.3, 0.4) is 0 Å². The monoisotopic (exact) mass is 292 g/mol. The maximum absolute atomic E-state index is 12.3. The first-order valence-corrected chi connectivity index (χ1v) is 7.82. The molecule has 3 rings (SSSR count). The summed E-state index contributed by atoms with van der Waals surface area (Å²) in [6.45, 7) is 8.09. The molecule has 2 fully saturated rings. The fourth-order valence-electron chi connectivity index (χ4n) is 3.23. The largest absolute Gasteiger partial charge is 0.379 e. The standard InChI is InChI=1S/C15H24N4O2/c1-12-10-16-17-15(12)13-2-5-19(11-13)14(20)3-4-18-6-8-21-9-7-18/h10,13H,2-9,11H2,1H3,(H,16,17)/t13-/m0/s1. The van der Waals surface area contributed by atoms with E-state index in [2.05, 4.69) is 22.0 Å². The number of ether oxygens (including phenoxy) is 1. The zero-order chi connectivity index (χ0) is 14.7. The molecule has 1 N–H and O–H groups in total. The van der Waals surface area contributed by atoms with Gasteiger partial charge in [-0.2, -0.15) is 5.10 Å². The van der Waals surface area contributed by atoms with Crippen LogP contribution < -0.4 is 0 Å². The molecule has 1 aromatic rings. The number of H-pyrrole nitrogens is 1. The van der Waals surface area contributed by atoms with E-state index < -0.39 is 0 Å². The van der Waals surface area contributed by atoms with Crippen molar-refractivity contribution in [2.75, 3.05) is 45.9 Å². The van der Waals surface area contributed by atoms with Crippen LogP contribution in [0.25, 0.3) is 0 Å². The Labute approximate surface area is 125 Å². The molecule has 2 aliphatic heterocycles.